The highest BCUT2D eigenvalue weighted by molar-refractivity contribution is 5.79. The molecule has 0 fully saturated rings. The van der Waals surface area contributed by atoms with Crippen LogP contribution < -0.4 is 15.4 Å². The fourth-order valence-corrected chi connectivity index (χ4v) is 2.46. The summed E-state index contributed by atoms with van der Waals surface area (Å²) in [4.78, 5) is 4.61. The monoisotopic (exact) mass is 341 g/mol. The van der Waals surface area contributed by atoms with Gasteiger partial charge < -0.3 is 20.5 Å². The number of aromatic hydroxyl groups is 1. The Morgan fingerprint density at radius 3 is 2.56 bits per heavy atom. The summed E-state index contributed by atoms with van der Waals surface area (Å²) in [6.45, 7) is 6.20. The van der Waals surface area contributed by atoms with E-state index in [4.69, 9.17) is 4.74 Å². The predicted octanol–water partition coefficient (Wildman–Crippen LogP) is 3.01. The molecule has 2 rings (SSSR count). The number of phenolic OH excluding ortho intramolecular Hbond substituents is 1. The lowest BCUT2D eigenvalue weighted by atomic mass is 10.1. The van der Waals surface area contributed by atoms with E-state index >= 15 is 0 Å². The fraction of sp³-hybridized carbons (Fsp3) is 0.350. The SMILES string of the molecule is CCNC(=NCc1ccc(C)cc1)NCCc1cccc(OC)c1O. The third-order valence-corrected chi connectivity index (χ3v) is 3.87. The highest BCUT2D eigenvalue weighted by Crippen LogP contribution is 2.29. The van der Waals surface area contributed by atoms with Crippen molar-refractivity contribution in [2.45, 2.75) is 26.8 Å². The topological polar surface area (TPSA) is 65.9 Å². The highest BCUT2D eigenvalue weighted by Gasteiger charge is 2.07. The van der Waals surface area contributed by atoms with Gasteiger partial charge in [-0.15, -0.1) is 0 Å². The quantitative estimate of drug-likeness (QED) is 0.535. The number of nitrogens with zero attached hydrogens (tertiary/aromatic N) is 1. The van der Waals surface area contributed by atoms with Gasteiger partial charge >= 0.3 is 0 Å². The lowest BCUT2D eigenvalue weighted by molar-refractivity contribution is 0.370. The number of aliphatic imine (C=N–C) groups is 1. The molecule has 2 aromatic rings. The molecule has 0 radical (unpaired) electrons. The van der Waals surface area contributed by atoms with Gasteiger partial charge in [0.2, 0.25) is 0 Å². The Morgan fingerprint density at radius 2 is 1.88 bits per heavy atom. The number of guanidine groups is 1. The van der Waals surface area contributed by atoms with E-state index in [2.05, 4.69) is 46.8 Å². The third-order valence-electron chi connectivity index (χ3n) is 3.87. The van der Waals surface area contributed by atoms with Gasteiger partial charge in [0, 0.05) is 13.1 Å². The summed E-state index contributed by atoms with van der Waals surface area (Å²) in [6.07, 6.45) is 0.679. The number of aryl methyl sites for hydroxylation is 1. The number of benzene rings is 2. The van der Waals surface area contributed by atoms with E-state index in [1.807, 2.05) is 19.1 Å². The Morgan fingerprint density at radius 1 is 1.12 bits per heavy atom. The molecule has 3 N–H and O–H groups in total. The molecule has 134 valence electrons. The van der Waals surface area contributed by atoms with E-state index in [-0.39, 0.29) is 5.75 Å². The molecule has 0 saturated carbocycles. The molecule has 0 atom stereocenters. The van der Waals surface area contributed by atoms with Gasteiger partial charge in [-0.3, -0.25) is 0 Å². The zero-order chi connectivity index (χ0) is 18.1. The van der Waals surface area contributed by atoms with Gasteiger partial charge in [0.1, 0.15) is 0 Å². The van der Waals surface area contributed by atoms with Crippen LogP contribution in [0.5, 0.6) is 11.5 Å². The van der Waals surface area contributed by atoms with Crippen molar-refractivity contribution in [1.82, 2.24) is 10.6 Å². The van der Waals surface area contributed by atoms with Crippen molar-refractivity contribution in [1.29, 1.82) is 0 Å². The Labute approximate surface area is 149 Å². The Balaban J connectivity index is 1.93. The van der Waals surface area contributed by atoms with Gasteiger partial charge in [-0.1, -0.05) is 42.0 Å². The molecule has 25 heavy (non-hydrogen) atoms. The molecule has 0 saturated heterocycles. The number of ether oxygens (including phenoxy) is 1. The first-order chi connectivity index (χ1) is 12.1. The molecule has 0 bridgehead atoms. The van der Waals surface area contributed by atoms with Crippen molar-refractivity contribution in [3.05, 3.63) is 59.2 Å². The van der Waals surface area contributed by atoms with E-state index < -0.39 is 0 Å². The maximum atomic E-state index is 10.1. The van der Waals surface area contributed by atoms with Crippen molar-refractivity contribution in [3.8, 4) is 11.5 Å². The zero-order valence-electron chi connectivity index (χ0n) is 15.2. The Bertz CT molecular complexity index is 697. The average Bonchev–Trinajstić information content (AvgIpc) is 2.62. The summed E-state index contributed by atoms with van der Waals surface area (Å²) in [5, 5.41) is 16.7. The highest BCUT2D eigenvalue weighted by atomic mass is 16.5. The van der Waals surface area contributed by atoms with E-state index in [0.717, 1.165) is 18.1 Å². The maximum absolute atomic E-state index is 10.1. The molecular weight excluding hydrogens is 314 g/mol. The second kappa shape index (κ2) is 9.57. The lowest BCUT2D eigenvalue weighted by Crippen LogP contribution is -2.38. The van der Waals surface area contributed by atoms with Gasteiger partial charge in [0.15, 0.2) is 17.5 Å². The number of phenols is 1. The van der Waals surface area contributed by atoms with Gasteiger partial charge in [-0.25, -0.2) is 4.99 Å². The van der Waals surface area contributed by atoms with Crippen LogP contribution in [-0.2, 0) is 13.0 Å². The molecule has 0 aromatic heterocycles. The van der Waals surface area contributed by atoms with Crippen LogP contribution in [0, 0.1) is 6.92 Å². The van der Waals surface area contributed by atoms with E-state index in [1.54, 1.807) is 13.2 Å². The predicted molar refractivity (Wildman–Crippen MR) is 102 cm³/mol. The summed E-state index contributed by atoms with van der Waals surface area (Å²) in [7, 11) is 1.55. The minimum absolute atomic E-state index is 0.202. The first-order valence-corrected chi connectivity index (χ1v) is 8.56. The van der Waals surface area contributed by atoms with E-state index in [0.29, 0.717) is 25.3 Å². The molecule has 5 heteroatoms. The Kier molecular flexibility index (Phi) is 7.14. The van der Waals surface area contributed by atoms with Gasteiger partial charge in [-0.05, 0) is 37.5 Å². The van der Waals surface area contributed by atoms with Crippen molar-refractivity contribution in [3.63, 3.8) is 0 Å². The summed E-state index contributed by atoms with van der Waals surface area (Å²) in [5.41, 5.74) is 3.27. The molecule has 0 amide bonds. The number of rotatable bonds is 7. The van der Waals surface area contributed by atoms with Crippen molar-refractivity contribution >= 4 is 5.96 Å². The second-order valence-electron chi connectivity index (χ2n) is 5.83. The molecule has 0 aliphatic carbocycles. The second-order valence-corrected chi connectivity index (χ2v) is 5.83. The van der Waals surface area contributed by atoms with Crippen molar-refractivity contribution in [2.75, 3.05) is 20.2 Å². The van der Waals surface area contributed by atoms with Gasteiger partial charge in [0.25, 0.3) is 0 Å². The van der Waals surface area contributed by atoms with E-state index in [1.165, 1.54) is 11.1 Å². The molecule has 0 heterocycles. The van der Waals surface area contributed by atoms with Crippen LogP contribution in [0.4, 0.5) is 0 Å². The average molecular weight is 341 g/mol. The Hall–Kier alpha value is -2.69. The lowest BCUT2D eigenvalue weighted by Gasteiger charge is -2.13. The summed E-state index contributed by atoms with van der Waals surface area (Å²) in [5.74, 6) is 1.47. The van der Waals surface area contributed by atoms with E-state index in [9.17, 15) is 5.11 Å². The minimum Gasteiger partial charge on any atom is -0.504 e. The van der Waals surface area contributed by atoms with Gasteiger partial charge in [0.05, 0.1) is 13.7 Å². The molecule has 0 unspecified atom stereocenters. The minimum atomic E-state index is 0.202. The first-order valence-electron chi connectivity index (χ1n) is 8.56. The smallest absolute Gasteiger partial charge is 0.191 e. The normalized spacial score (nSPS) is 11.2. The number of hydrogen-bond donors (Lipinski definition) is 3. The van der Waals surface area contributed by atoms with Crippen LogP contribution >= 0.6 is 0 Å². The number of nitrogens with one attached hydrogen (secondary N) is 2. The summed E-state index contributed by atoms with van der Waals surface area (Å²) >= 11 is 0. The molecule has 2 aromatic carbocycles. The first kappa shape index (κ1) is 18.6. The third kappa shape index (κ3) is 5.71. The van der Waals surface area contributed by atoms with Crippen LogP contribution in [0.15, 0.2) is 47.5 Å². The standard InChI is InChI=1S/C20H27N3O2/c1-4-21-20(23-14-16-10-8-15(2)9-11-16)22-13-12-17-6-5-7-18(25-3)19(17)24/h5-11,24H,4,12-14H2,1-3H3,(H2,21,22,23). The summed E-state index contributed by atoms with van der Waals surface area (Å²) < 4.78 is 5.14. The maximum Gasteiger partial charge on any atom is 0.191 e. The molecule has 0 aliphatic heterocycles. The number of para-hydroxylation sites is 1. The van der Waals surface area contributed by atoms with Crippen LogP contribution in [0.2, 0.25) is 0 Å². The van der Waals surface area contributed by atoms with Crippen molar-refractivity contribution < 1.29 is 9.84 Å². The largest absolute Gasteiger partial charge is 0.504 e. The number of methoxy groups -OCH3 is 1. The van der Waals surface area contributed by atoms with Gasteiger partial charge in [-0.2, -0.15) is 0 Å². The molecule has 0 aliphatic rings. The van der Waals surface area contributed by atoms with Crippen LogP contribution in [-0.4, -0.2) is 31.3 Å². The summed E-state index contributed by atoms with van der Waals surface area (Å²) in [6, 6.07) is 13.9. The fourth-order valence-electron chi connectivity index (χ4n) is 2.46. The van der Waals surface area contributed by atoms with Crippen LogP contribution in [0.3, 0.4) is 0 Å². The molecule has 0 spiro atoms. The molecule has 5 nitrogen and oxygen atoms in total. The van der Waals surface area contributed by atoms with Crippen LogP contribution in [0.25, 0.3) is 0 Å². The zero-order valence-corrected chi connectivity index (χ0v) is 15.2. The number of hydrogen-bond acceptors (Lipinski definition) is 3. The molecular formula is C20H27N3O2. The van der Waals surface area contributed by atoms with Crippen LogP contribution in [0.1, 0.15) is 23.6 Å². The van der Waals surface area contributed by atoms with Crippen molar-refractivity contribution in [2.24, 2.45) is 4.99 Å².